The predicted molar refractivity (Wildman–Crippen MR) is 136 cm³/mol. The summed E-state index contributed by atoms with van der Waals surface area (Å²) in [7, 11) is 1.63. The van der Waals surface area contributed by atoms with Crippen molar-refractivity contribution in [2.75, 3.05) is 12.4 Å². The number of methoxy groups -OCH3 is 1. The average molecular weight is 489 g/mol. The molecule has 0 bridgehead atoms. The summed E-state index contributed by atoms with van der Waals surface area (Å²) in [5, 5.41) is 9.29. The maximum absolute atomic E-state index is 12.7. The number of ether oxygens (including phenoxy) is 1. The van der Waals surface area contributed by atoms with Crippen LogP contribution in [0.25, 0.3) is 0 Å². The summed E-state index contributed by atoms with van der Waals surface area (Å²) in [5.41, 5.74) is 3.50. The second-order valence-corrected chi connectivity index (χ2v) is 9.43. The van der Waals surface area contributed by atoms with E-state index in [1.165, 1.54) is 11.8 Å². The van der Waals surface area contributed by atoms with E-state index in [0.29, 0.717) is 11.6 Å². The summed E-state index contributed by atoms with van der Waals surface area (Å²) in [6.07, 6.45) is 2.23. The van der Waals surface area contributed by atoms with E-state index >= 15 is 0 Å². The van der Waals surface area contributed by atoms with Crippen LogP contribution in [0.1, 0.15) is 35.8 Å². The molecule has 2 aromatic carbocycles. The highest BCUT2D eigenvalue weighted by Gasteiger charge is 2.40. The van der Waals surface area contributed by atoms with Crippen LogP contribution in [-0.2, 0) is 9.59 Å². The Morgan fingerprint density at radius 1 is 1.17 bits per heavy atom. The van der Waals surface area contributed by atoms with Crippen LogP contribution in [0.4, 0.5) is 5.69 Å². The fraction of sp³-hybridized carbons (Fsp3) is 0.231. The van der Waals surface area contributed by atoms with Gasteiger partial charge < -0.3 is 14.5 Å². The summed E-state index contributed by atoms with van der Waals surface area (Å²) in [6, 6.07) is 18.7. The Balaban J connectivity index is 1.33. The third-order valence-corrected chi connectivity index (χ3v) is 7.06. The molecular formula is C26H24N4O4S. The summed E-state index contributed by atoms with van der Waals surface area (Å²) in [4.78, 5) is 29.6. The van der Waals surface area contributed by atoms with Gasteiger partial charge in [0.1, 0.15) is 22.8 Å². The van der Waals surface area contributed by atoms with Crippen LogP contribution in [-0.4, -0.2) is 40.1 Å². The maximum Gasteiger partial charge on any atom is 0.262 e. The number of hydrogen-bond donors (Lipinski definition) is 1. The summed E-state index contributed by atoms with van der Waals surface area (Å²) in [6.45, 7) is 1.92. The van der Waals surface area contributed by atoms with Crippen LogP contribution in [0.5, 0.6) is 5.75 Å². The van der Waals surface area contributed by atoms with Crippen LogP contribution >= 0.6 is 11.8 Å². The molecule has 178 valence electrons. The Hall–Kier alpha value is -3.85. The number of benzene rings is 2. The first kappa shape index (κ1) is 22.9. The zero-order valence-corrected chi connectivity index (χ0v) is 20.1. The van der Waals surface area contributed by atoms with Gasteiger partial charge in [-0.05, 0) is 60.5 Å². The van der Waals surface area contributed by atoms with E-state index in [1.54, 1.807) is 18.4 Å². The molecule has 2 atom stereocenters. The largest absolute Gasteiger partial charge is 0.497 e. The lowest BCUT2D eigenvalue weighted by molar-refractivity contribution is -0.121. The van der Waals surface area contributed by atoms with E-state index in [1.807, 2.05) is 67.6 Å². The number of para-hydroxylation sites is 1. The van der Waals surface area contributed by atoms with Crippen molar-refractivity contribution >= 4 is 40.1 Å². The maximum atomic E-state index is 12.7. The number of carbonyl (C=O) groups excluding carboxylic acids is 2. The molecule has 5 rings (SSSR count). The highest BCUT2D eigenvalue weighted by Crippen LogP contribution is 2.39. The predicted octanol–water partition coefficient (Wildman–Crippen LogP) is 4.77. The van der Waals surface area contributed by atoms with Crippen LogP contribution in [0, 0.1) is 6.92 Å². The number of furan rings is 1. The molecule has 0 aliphatic carbocycles. The van der Waals surface area contributed by atoms with Crippen molar-refractivity contribution in [1.82, 2.24) is 5.01 Å². The molecule has 2 aliphatic rings. The number of aryl methyl sites for hydroxylation is 1. The number of amidine groups is 1. The molecular weight excluding hydrogens is 464 g/mol. The van der Waals surface area contributed by atoms with Crippen molar-refractivity contribution in [2.45, 2.75) is 31.1 Å². The molecule has 0 unspecified atom stereocenters. The van der Waals surface area contributed by atoms with Crippen molar-refractivity contribution in [3.63, 3.8) is 0 Å². The zero-order chi connectivity index (χ0) is 24.4. The number of amides is 2. The highest BCUT2D eigenvalue weighted by atomic mass is 32.2. The van der Waals surface area contributed by atoms with Gasteiger partial charge in [-0.25, -0.2) is 5.01 Å². The van der Waals surface area contributed by atoms with Crippen LogP contribution in [0.3, 0.4) is 0 Å². The summed E-state index contributed by atoms with van der Waals surface area (Å²) in [5.74, 6) is 0.929. The van der Waals surface area contributed by atoms with Gasteiger partial charge in [0, 0.05) is 18.5 Å². The van der Waals surface area contributed by atoms with Crippen LogP contribution < -0.4 is 10.1 Å². The van der Waals surface area contributed by atoms with Crippen molar-refractivity contribution in [1.29, 1.82) is 0 Å². The Bertz CT molecular complexity index is 1300. The number of nitrogens with zero attached hydrogens (tertiary/aromatic N) is 3. The van der Waals surface area contributed by atoms with Crippen molar-refractivity contribution < 1.29 is 18.7 Å². The van der Waals surface area contributed by atoms with Gasteiger partial charge in [-0.2, -0.15) is 10.1 Å². The smallest absolute Gasteiger partial charge is 0.262 e. The van der Waals surface area contributed by atoms with Crippen LogP contribution in [0.2, 0.25) is 0 Å². The minimum atomic E-state index is -0.605. The summed E-state index contributed by atoms with van der Waals surface area (Å²) >= 11 is 1.26. The number of carbonyl (C=O) groups is 2. The Labute approximate surface area is 207 Å². The van der Waals surface area contributed by atoms with E-state index in [9.17, 15) is 9.59 Å². The second-order valence-electron chi connectivity index (χ2n) is 8.26. The topological polar surface area (TPSA) is 96.5 Å². The minimum Gasteiger partial charge on any atom is -0.497 e. The molecule has 0 fully saturated rings. The molecule has 0 spiro atoms. The summed E-state index contributed by atoms with van der Waals surface area (Å²) < 4.78 is 10.9. The Morgan fingerprint density at radius 2 is 1.97 bits per heavy atom. The second kappa shape index (κ2) is 9.79. The average Bonchev–Trinajstić information content (AvgIpc) is 3.61. The van der Waals surface area contributed by atoms with E-state index in [-0.39, 0.29) is 24.3 Å². The van der Waals surface area contributed by atoms with Crippen LogP contribution in [0.15, 0.2) is 81.4 Å². The van der Waals surface area contributed by atoms with Gasteiger partial charge in [0.05, 0.1) is 19.1 Å². The Morgan fingerprint density at radius 3 is 2.69 bits per heavy atom. The first-order valence-corrected chi connectivity index (χ1v) is 12.1. The van der Waals surface area contributed by atoms with Crippen molar-refractivity contribution in [3.8, 4) is 5.75 Å². The zero-order valence-electron chi connectivity index (χ0n) is 19.3. The number of rotatable bonds is 6. The third-order valence-electron chi connectivity index (χ3n) is 5.92. The molecule has 0 saturated carbocycles. The fourth-order valence-corrected chi connectivity index (χ4v) is 5.10. The molecule has 2 amide bonds. The normalized spacial score (nSPS) is 19.5. The molecule has 0 radical (unpaired) electrons. The van der Waals surface area contributed by atoms with Gasteiger partial charge in [0.15, 0.2) is 5.17 Å². The van der Waals surface area contributed by atoms with E-state index < -0.39 is 5.25 Å². The van der Waals surface area contributed by atoms with Crippen molar-refractivity contribution in [3.05, 3.63) is 83.8 Å². The minimum absolute atomic E-state index is 0.0269. The molecule has 0 saturated heterocycles. The number of hydrogen-bond acceptors (Lipinski definition) is 7. The highest BCUT2D eigenvalue weighted by molar-refractivity contribution is 8.15. The van der Waals surface area contributed by atoms with Gasteiger partial charge in [0.2, 0.25) is 5.91 Å². The standard InChI is InChI=1S/C26H24N4O4S/c1-16-6-3-4-7-19(16)27-24(31)15-23-25(32)28-26(35-23)30-21(22-8-5-13-34-22)14-20(29-30)17-9-11-18(33-2)12-10-17/h3-13,21,23H,14-15H2,1-2H3,(H,27,31)/t21-,23+/m1/s1. The lowest BCUT2D eigenvalue weighted by Gasteiger charge is -2.21. The number of hydrazone groups is 1. The number of thioether (sulfide) groups is 1. The quantitative estimate of drug-likeness (QED) is 0.537. The lowest BCUT2D eigenvalue weighted by Crippen LogP contribution is -2.25. The van der Waals surface area contributed by atoms with Gasteiger partial charge in [-0.15, -0.1) is 0 Å². The van der Waals surface area contributed by atoms with Gasteiger partial charge in [-0.1, -0.05) is 30.0 Å². The molecule has 2 aliphatic heterocycles. The fourth-order valence-electron chi connectivity index (χ4n) is 4.03. The molecule has 9 heteroatoms. The van der Waals surface area contributed by atoms with Crippen molar-refractivity contribution in [2.24, 2.45) is 10.1 Å². The number of nitrogens with one attached hydrogen (secondary N) is 1. The lowest BCUT2D eigenvalue weighted by atomic mass is 10.0. The monoisotopic (exact) mass is 488 g/mol. The van der Waals surface area contributed by atoms with Gasteiger partial charge in [0.25, 0.3) is 5.91 Å². The molecule has 8 nitrogen and oxygen atoms in total. The molecule has 1 N–H and O–H groups in total. The molecule has 3 aromatic rings. The molecule has 1 aromatic heterocycles. The first-order valence-electron chi connectivity index (χ1n) is 11.2. The Kier molecular flexibility index (Phi) is 6.41. The SMILES string of the molecule is COc1ccc(C2=NN(C3=NC(=O)[C@H](CC(=O)Nc4ccccc4C)S3)[C@@H](c3ccco3)C2)cc1. The van der Waals surface area contributed by atoms with Gasteiger partial charge >= 0.3 is 0 Å². The molecule has 35 heavy (non-hydrogen) atoms. The van der Waals surface area contributed by atoms with Gasteiger partial charge in [-0.3, -0.25) is 9.59 Å². The van der Waals surface area contributed by atoms with E-state index in [2.05, 4.69) is 10.3 Å². The number of aliphatic imine (C=N–C) groups is 1. The van der Waals surface area contributed by atoms with E-state index in [0.717, 1.165) is 34.0 Å². The number of anilines is 1. The van der Waals surface area contributed by atoms with E-state index in [4.69, 9.17) is 14.3 Å². The third kappa shape index (κ3) is 4.85. The molecule has 3 heterocycles. The first-order chi connectivity index (χ1) is 17.0.